The third-order valence-corrected chi connectivity index (χ3v) is 4.98. The van der Waals surface area contributed by atoms with Crippen LogP contribution in [0.5, 0.6) is 0 Å². The number of halogens is 1. The van der Waals surface area contributed by atoms with Crippen LogP contribution in [0.2, 0.25) is 0 Å². The molecule has 0 saturated heterocycles. The fourth-order valence-corrected chi connectivity index (χ4v) is 4.17. The fraction of sp³-hybridized carbons (Fsp3) is 0.286. The number of thioether (sulfide) groups is 1. The molecule has 2 aliphatic carbocycles. The maximum Gasteiger partial charge on any atom is 0.102 e. The molecule has 18 heavy (non-hydrogen) atoms. The van der Waals surface area contributed by atoms with Crippen LogP contribution in [0.3, 0.4) is 0 Å². The van der Waals surface area contributed by atoms with E-state index in [4.69, 9.17) is 0 Å². The standard InChI is InChI=1S/C14H13FO2S/c15-10-5-9(7-16)13-14(6-10)4-2-1-3-11(14)12(8-17)18-13/h1-5,16-17H,6-8H2. The lowest BCUT2D eigenvalue weighted by atomic mass is 9.71. The van der Waals surface area contributed by atoms with Gasteiger partial charge in [-0.1, -0.05) is 36.1 Å². The van der Waals surface area contributed by atoms with Gasteiger partial charge in [-0.25, -0.2) is 4.39 Å². The molecule has 0 radical (unpaired) electrons. The maximum atomic E-state index is 13.8. The predicted molar refractivity (Wildman–Crippen MR) is 70.3 cm³/mol. The Labute approximate surface area is 109 Å². The summed E-state index contributed by atoms with van der Waals surface area (Å²) in [6.07, 6.45) is 9.39. The highest BCUT2D eigenvalue weighted by Crippen LogP contribution is 2.61. The quantitative estimate of drug-likeness (QED) is 0.805. The van der Waals surface area contributed by atoms with E-state index in [-0.39, 0.29) is 25.5 Å². The van der Waals surface area contributed by atoms with Crippen molar-refractivity contribution >= 4 is 11.8 Å². The van der Waals surface area contributed by atoms with Crippen molar-refractivity contribution in [3.63, 3.8) is 0 Å². The van der Waals surface area contributed by atoms with E-state index < -0.39 is 5.41 Å². The molecule has 94 valence electrons. The van der Waals surface area contributed by atoms with Gasteiger partial charge in [0.1, 0.15) is 5.83 Å². The topological polar surface area (TPSA) is 40.5 Å². The molecule has 0 bridgehead atoms. The molecule has 1 atom stereocenters. The van der Waals surface area contributed by atoms with E-state index >= 15 is 0 Å². The third-order valence-electron chi connectivity index (χ3n) is 3.55. The van der Waals surface area contributed by atoms with Crippen LogP contribution in [0.15, 0.2) is 57.2 Å². The predicted octanol–water partition coefficient (Wildman–Crippen LogP) is 2.60. The van der Waals surface area contributed by atoms with Crippen molar-refractivity contribution in [3.8, 4) is 0 Å². The first-order chi connectivity index (χ1) is 8.71. The monoisotopic (exact) mass is 264 g/mol. The number of aliphatic hydroxyl groups excluding tert-OH is 2. The Balaban J connectivity index is 2.22. The first kappa shape index (κ1) is 12.0. The van der Waals surface area contributed by atoms with Gasteiger partial charge in [0.15, 0.2) is 0 Å². The average molecular weight is 264 g/mol. The number of hydrogen-bond donors (Lipinski definition) is 2. The van der Waals surface area contributed by atoms with Gasteiger partial charge in [0, 0.05) is 16.2 Å². The highest BCUT2D eigenvalue weighted by atomic mass is 32.2. The number of rotatable bonds is 2. The Hall–Kier alpha value is -1.10. The van der Waals surface area contributed by atoms with Crippen LogP contribution >= 0.6 is 11.8 Å². The number of allylic oxidation sites excluding steroid dienone is 7. The molecule has 1 unspecified atom stereocenters. The molecule has 3 aliphatic rings. The van der Waals surface area contributed by atoms with Crippen molar-refractivity contribution in [2.75, 3.05) is 13.2 Å². The van der Waals surface area contributed by atoms with Gasteiger partial charge in [0.25, 0.3) is 0 Å². The van der Waals surface area contributed by atoms with Crippen molar-refractivity contribution in [2.24, 2.45) is 5.41 Å². The summed E-state index contributed by atoms with van der Waals surface area (Å²) in [5.41, 5.74) is 1.07. The molecule has 1 aliphatic heterocycles. The van der Waals surface area contributed by atoms with Gasteiger partial charge in [0.2, 0.25) is 0 Å². The normalized spacial score (nSPS) is 29.6. The number of hydrogen-bond acceptors (Lipinski definition) is 3. The van der Waals surface area contributed by atoms with Gasteiger partial charge in [0.05, 0.1) is 18.6 Å². The number of aliphatic hydroxyl groups is 2. The molecule has 1 spiro atoms. The van der Waals surface area contributed by atoms with Gasteiger partial charge >= 0.3 is 0 Å². The molecule has 4 heteroatoms. The van der Waals surface area contributed by atoms with Crippen LogP contribution < -0.4 is 0 Å². The highest BCUT2D eigenvalue weighted by Gasteiger charge is 2.46. The van der Waals surface area contributed by atoms with Crippen LogP contribution in [-0.4, -0.2) is 23.4 Å². The molecule has 0 aromatic rings. The summed E-state index contributed by atoms with van der Waals surface area (Å²) >= 11 is 1.46. The van der Waals surface area contributed by atoms with Crippen molar-refractivity contribution in [2.45, 2.75) is 6.42 Å². The summed E-state index contributed by atoms with van der Waals surface area (Å²) in [6.45, 7) is -0.231. The first-order valence-electron chi connectivity index (χ1n) is 5.80. The lowest BCUT2D eigenvalue weighted by molar-refractivity contribution is 0.328. The summed E-state index contributed by atoms with van der Waals surface area (Å²) in [5.74, 6) is -0.222. The molecule has 2 N–H and O–H groups in total. The van der Waals surface area contributed by atoms with Gasteiger partial charge in [-0.05, 0) is 17.2 Å². The van der Waals surface area contributed by atoms with E-state index in [9.17, 15) is 14.6 Å². The molecular formula is C14H13FO2S. The smallest absolute Gasteiger partial charge is 0.102 e. The SMILES string of the molecule is OCC1=C2SC(CO)=C3C=CC=CC32CC(F)=C1. The second kappa shape index (κ2) is 4.23. The molecule has 0 saturated carbocycles. The van der Waals surface area contributed by atoms with Crippen molar-refractivity contribution < 1.29 is 14.6 Å². The summed E-state index contributed by atoms with van der Waals surface area (Å²) in [4.78, 5) is 1.80. The highest BCUT2D eigenvalue weighted by molar-refractivity contribution is 8.07. The van der Waals surface area contributed by atoms with E-state index in [0.29, 0.717) is 5.57 Å². The van der Waals surface area contributed by atoms with Crippen LogP contribution in [0.4, 0.5) is 4.39 Å². The lowest BCUT2D eigenvalue weighted by Gasteiger charge is -2.34. The van der Waals surface area contributed by atoms with Crippen molar-refractivity contribution in [1.29, 1.82) is 0 Å². The first-order valence-corrected chi connectivity index (χ1v) is 6.62. The molecule has 0 aromatic heterocycles. The summed E-state index contributed by atoms with van der Waals surface area (Å²) < 4.78 is 13.8. The van der Waals surface area contributed by atoms with Gasteiger partial charge < -0.3 is 10.2 Å². The minimum Gasteiger partial charge on any atom is -0.392 e. The van der Waals surface area contributed by atoms with Crippen molar-refractivity contribution in [3.05, 3.63) is 57.2 Å². The van der Waals surface area contributed by atoms with Crippen LogP contribution in [-0.2, 0) is 0 Å². The molecule has 1 heterocycles. The Morgan fingerprint density at radius 2 is 2.11 bits per heavy atom. The fourth-order valence-electron chi connectivity index (χ4n) is 2.81. The van der Waals surface area contributed by atoms with Crippen LogP contribution in [0, 0.1) is 5.41 Å². The molecule has 2 nitrogen and oxygen atoms in total. The summed E-state index contributed by atoms with van der Waals surface area (Å²) in [6, 6.07) is 0. The Bertz CT molecular complexity index is 554. The second-order valence-electron chi connectivity index (χ2n) is 4.57. The van der Waals surface area contributed by atoms with E-state index in [1.54, 1.807) is 0 Å². The molecule has 0 amide bonds. The minimum atomic E-state index is -0.506. The Kier molecular flexibility index (Phi) is 2.81. The van der Waals surface area contributed by atoms with Crippen molar-refractivity contribution in [1.82, 2.24) is 0 Å². The van der Waals surface area contributed by atoms with Crippen LogP contribution in [0.1, 0.15) is 6.42 Å². The zero-order chi connectivity index (χ0) is 12.8. The Morgan fingerprint density at radius 3 is 2.83 bits per heavy atom. The molecule has 0 aromatic carbocycles. The average Bonchev–Trinajstić information content (AvgIpc) is 2.71. The molecular weight excluding hydrogens is 251 g/mol. The largest absolute Gasteiger partial charge is 0.392 e. The zero-order valence-corrected chi connectivity index (χ0v) is 10.5. The Morgan fingerprint density at radius 1 is 1.28 bits per heavy atom. The third kappa shape index (κ3) is 1.49. The summed E-state index contributed by atoms with van der Waals surface area (Å²) in [5, 5.41) is 18.8. The van der Waals surface area contributed by atoms with Gasteiger partial charge in [-0.15, -0.1) is 0 Å². The van der Waals surface area contributed by atoms with E-state index in [2.05, 4.69) is 0 Å². The van der Waals surface area contributed by atoms with Gasteiger partial charge in [-0.3, -0.25) is 0 Å². The van der Waals surface area contributed by atoms with E-state index in [1.165, 1.54) is 17.8 Å². The van der Waals surface area contributed by atoms with E-state index in [1.807, 2.05) is 24.3 Å². The molecule has 3 rings (SSSR count). The molecule has 0 fully saturated rings. The zero-order valence-electron chi connectivity index (χ0n) is 9.69. The van der Waals surface area contributed by atoms with Crippen LogP contribution in [0.25, 0.3) is 0 Å². The summed E-state index contributed by atoms with van der Waals surface area (Å²) in [7, 11) is 0. The lowest BCUT2D eigenvalue weighted by Crippen LogP contribution is -2.24. The van der Waals surface area contributed by atoms with E-state index in [0.717, 1.165) is 15.4 Å². The maximum absolute atomic E-state index is 13.8. The van der Waals surface area contributed by atoms with Gasteiger partial charge in [-0.2, -0.15) is 0 Å². The second-order valence-corrected chi connectivity index (χ2v) is 5.67. The minimum absolute atomic E-state index is 0.0518.